The van der Waals surface area contributed by atoms with Crippen LogP contribution in [0.1, 0.15) is 17.3 Å². The monoisotopic (exact) mass is 361 g/mol. The molecule has 0 unspecified atom stereocenters. The van der Waals surface area contributed by atoms with Gasteiger partial charge in [0.15, 0.2) is 5.78 Å². The van der Waals surface area contributed by atoms with Crippen molar-refractivity contribution in [3.63, 3.8) is 0 Å². The van der Waals surface area contributed by atoms with Gasteiger partial charge in [-0.2, -0.15) is 5.10 Å². The SMILES string of the molecule is CC(=O)c1ccc(NS(=O)(=O)c2cn(C)nc2-c2cccs2)cc1. The number of benzene rings is 1. The van der Waals surface area contributed by atoms with E-state index in [-0.39, 0.29) is 10.7 Å². The smallest absolute Gasteiger partial charge is 0.265 e. The Labute approximate surface area is 143 Å². The Morgan fingerprint density at radius 1 is 1.21 bits per heavy atom. The van der Waals surface area contributed by atoms with Crippen LogP contribution in [0.2, 0.25) is 0 Å². The summed E-state index contributed by atoms with van der Waals surface area (Å²) in [7, 11) is -2.12. The number of rotatable bonds is 5. The van der Waals surface area contributed by atoms with Gasteiger partial charge in [-0.1, -0.05) is 6.07 Å². The van der Waals surface area contributed by atoms with Crippen LogP contribution in [0.25, 0.3) is 10.6 Å². The van der Waals surface area contributed by atoms with Crippen LogP contribution in [-0.4, -0.2) is 24.0 Å². The van der Waals surface area contributed by atoms with E-state index in [1.165, 1.54) is 29.1 Å². The second-order valence-corrected chi connectivity index (χ2v) is 7.83. The van der Waals surface area contributed by atoms with E-state index >= 15 is 0 Å². The van der Waals surface area contributed by atoms with Gasteiger partial charge in [-0.3, -0.25) is 14.2 Å². The normalized spacial score (nSPS) is 11.4. The van der Waals surface area contributed by atoms with E-state index in [1.54, 1.807) is 31.3 Å². The molecule has 0 fully saturated rings. The molecule has 0 saturated heterocycles. The maximum Gasteiger partial charge on any atom is 0.265 e. The predicted molar refractivity (Wildman–Crippen MR) is 93.8 cm³/mol. The van der Waals surface area contributed by atoms with Gasteiger partial charge in [0.25, 0.3) is 10.0 Å². The fraction of sp³-hybridized carbons (Fsp3) is 0.125. The van der Waals surface area contributed by atoms with E-state index in [9.17, 15) is 13.2 Å². The molecule has 8 heteroatoms. The van der Waals surface area contributed by atoms with Gasteiger partial charge in [-0.25, -0.2) is 8.42 Å². The minimum atomic E-state index is -3.79. The third-order valence-corrected chi connectivity index (χ3v) is 5.64. The summed E-state index contributed by atoms with van der Waals surface area (Å²) in [4.78, 5) is 12.2. The molecule has 2 aromatic heterocycles. The molecule has 0 bridgehead atoms. The van der Waals surface area contributed by atoms with Crippen LogP contribution in [0.3, 0.4) is 0 Å². The molecule has 0 spiro atoms. The number of sulfonamides is 1. The number of aryl methyl sites for hydroxylation is 1. The first kappa shape index (κ1) is 16.4. The molecule has 0 radical (unpaired) electrons. The summed E-state index contributed by atoms with van der Waals surface area (Å²) in [6.07, 6.45) is 1.47. The van der Waals surface area contributed by atoms with E-state index in [0.717, 1.165) is 4.88 Å². The van der Waals surface area contributed by atoms with Gasteiger partial charge in [0.1, 0.15) is 10.6 Å². The van der Waals surface area contributed by atoms with Crippen LogP contribution in [0, 0.1) is 0 Å². The Kier molecular flexibility index (Phi) is 4.25. The Balaban J connectivity index is 1.95. The standard InChI is InChI=1S/C16H15N3O3S2/c1-11(20)12-5-7-13(8-6-12)18-24(21,22)15-10-19(2)17-16(15)14-4-3-9-23-14/h3-10,18H,1-2H3. The van der Waals surface area contributed by atoms with Crippen molar-refractivity contribution in [1.29, 1.82) is 0 Å². The van der Waals surface area contributed by atoms with E-state index in [0.29, 0.717) is 16.9 Å². The Bertz CT molecular complexity index is 972. The van der Waals surface area contributed by atoms with Crippen LogP contribution in [-0.2, 0) is 17.1 Å². The maximum absolute atomic E-state index is 12.7. The van der Waals surface area contributed by atoms with Crippen molar-refractivity contribution >= 4 is 32.8 Å². The molecule has 0 aliphatic carbocycles. The molecule has 1 N–H and O–H groups in total. The summed E-state index contributed by atoms with van der Waals surface area (Å²) in [6.45, 7) is 1.46. The van der Waals surface area contributed by atoms with Crippen LogP contribution in [0.15, 0.2) is 52.9 Å². The molecule has 2 heterocycles. The number of nitrogens with one attached hydrogen (secondary N) is 1. The lowest BCUT2D eigenvalue weighted by molar-refractivity contribution is 0.101. The lowest BCUT2D eigenvalue weighted by Crippen LogP contribution is -2.13. The molecule has 0 saturated carbocycles. The number of hydrogen-bond acceptors (Lipinski definition) is 5. The molecule has 0 atom stereocenters. The Morgan fingerprint density at radius 3 is 2.50 bits per heavy atom. The minimum absolute atomic E-state index is 0.0725. The van der Waals surface area contributed by atoms with Crippen LogP contribution in [0.4, 0.5) is 5.69 Å². The van der Waals surface area contributed by atoms with Crippen molar-refractivity contribution in [2.45, 2.75) is 11.8 Å². The van der Waals surface area contributed by atoms with Gasteiger partial charge in [0.2, 0.25) is 0 Å². The molecule has 124 valence electrons. The Hall–Kier alpha value is -2.45. The highest BCUT2D eigenvalue weighted by molar-refractivity contribution is 7.92. The number of carbonyl (C=O) groups excluding carboxylic acids is 1. The second-order valence-electron chi connectivity index (χ2n) is 5.23. The van der Waals surface area contributed by atoms with Crippen LogP contribution in [0.5, 0.6) is 0 Å². The first-order chi connectivity index (χ1) is 11.4. The van der Waals surface area contributed by atoms with Gasteiger partial charge in [0.05, 0.1) is 4.88 Å². The fourth-order valence-corrected chi connectivity index (χ4v) is 4.27. The number of hydrogen-bond donors (Lipinski definition) is 1. The first-order valence-corrected chi connectivity index (χ1v) is 9.44. The third kappa shape index (κ3) is 3.24. The zero-order valence-corrected chi connectivity index (χ0v) is 14.7. The molecule has 24 heavy (non-hydrogen) atoms. The predicted octanol–water partition coefficient (Wildman–Crippen LogP) is 3.15. The van der Waals surface area contributed by atoms with Crippen molar-refractivity contribution < 1.29 is 13.2 Å². The summed E-state index contributed by atoms with van der Waals surface area (Å²) < 4.78 is 29.4. The lowest BCUT2D eigenvalue weighted by Gasteiger charge is -2.08. The summed E-state index contributed by atoms with van der Waals surface area (Å²) in [5.74, 6) is -0.0725. The maximum atomic E-state index is 12.7. The third-order valence-electron chi connectivity index (χ3n) is 3.38. The molecule has 3 rings (SSSR count). The molecule has 0 aliphatic rings. The van der Waals surface area contributed by atoms with E-state index in [4.69, 9.17) is 0 Å². The molecule has 1 aromatic carbocycles. The van der Waals surface area contributed by atoms with Gasteiger partial charge in [-0.05, 0) is 42.6 Å². The minimum Gasteiger partial charge on any atom is -0.295 e. The number of aromatic nitrogens is 2. The van der Waals surface area contributed by atoms with Gasteiger partial charge in [0, 0.05) is 24.5 Å². The fourth-order valence-electron chi connectivity index (χ4n) is 2.23. The first-order valence-electron chi connectivity index (χ1n) is 7.08. The van der Waals surface area contributed by atoms with E-state index < -0.39 is 10.0 Å². The Morgan fingerprint density at radius 2 is 1.92 bits per heavy atom. The largest absolute Gasteiger partial charge is 0.295 e. The number of ketones is 1. The molecular weight excluding hydrogens is 346 g/mol. The zero-order valence-electron chi connectivity index (χ0n) is 13.1. The summed E-state index contributed by atoms with van der Waals surface area (Å²) in [5.41, 5.74) is 1.33. The molecule has 0 amide bonds. The number of thiophene rings is 1. The van der Waals surface area contributed by atoms with Crippen molar-refractivity contribution in [2.24, 2.45) is 7.05 Å². The average Bonchev–Trinajstić information content (AvgIpc) is 3.16. The van der Waals surface area contributed by atoms with Crippen molar-refractivity contribution in [1.82, 2.24) is 9.78 Å². The quantitative estimate of drug-likeness (QED) is 0.708. The van der Waals surface area contributed by atoms with Gasteiger partial charge >= 0.3 is 0 Å². The van der Waals surface area contributed by atoms with Crippen LogP contribution < -0.4 is 4.72 Å². The molecule has 0 aliphatic heterocycles. The zero-order chi connectivity index (χ0) is 17.3. The number of carbonyl (C=O) groups is 1. The van der Waals surface area contributed by atoms with E-state index in [1.807, 2.05) is 17.5 Å². The number of Topliss-reactive ketones (excluding diaryl/α,β-unsaturated/α-hetero) is 1. The summed E-state index contributed by atoms with van der Waals surface area (Å²) >= 11 is 1.43. The molecular formula is C16H15N3O3S2. The van der Waals surface area contributed by atoms with Gasteiger partial charge in [-0.15, -0.1) is 11.3 Å². The summed E-state index contributed by atoms with van der Waals surface area (Å²) in [6, 6.07) is 9.98. The highest BCUT2D eigenvalue weighted by Gasteiger charge is 2.23. The van der Waals surface area contributed by atoms with Crippen molar-refractivity contribution in [3.8, 4) is 10.6 Å². The second kappa shape index (κ2) is 6.21. The number of anilines is 1. The number of nitrogens with zero attached hydrogens (tertiary/aromatic N) is 2. The lowest BCUT2D eigenvalue weighted by atomic mass is 10.1. The highest BCUT2D eigenvalue weighted by Crippen LogP contribution is 2.30. The average molecular weight is 361 g/mol. The molecule has 3 aromatic rings. The van der Waals surface area contributed by atoms with Crippen LogP contribution >= 0.6 is 11.3 Å². The van der Waals surface area contributed by atoms with Crippen molar-refractivity contribution in [3.05, 3.63) is 53.5 Å². The van der Waals surface area contributed by atoms with Crippen molar-refractivity contribution in [2.75, 3.05) is 4.72 Å². The van der Waals surface area contributed by atoms with E-state index in [2.05, 4.69) is 9.82 Å². The summed E-state index contributed by atoms with van der Waals surface area (Å²) in [5, 5.41) is 6.13. The topological polar surface area (TPSA) is 81.1 Å². The molecule has 6 nitrogen and oxygen atoms in total. The van der Waals surface area contributed by atoms with Gasteiger partial charge < -0.3 is 0 Å². The highest BCUT2D eigenvalue weighted by atomic mass is 32.2.